The largest absolute Gasteiger partial charge is 0.507 e. The predicted molar refractivity (Wildman–Crippen MR) is 194 cm³/mol. The van der Waals surface area contributed by atoms with Crippen molar-refractivity contribution in [1.29, 1.82) is 0 Å². The SMILES string of the molecule is C=CCN(C/C=C\CCC)C(/C=C(\N)c1ccccc1O)=C(N)N.Cc1ccc(C2CCNCC2)cc1.O=C(O)C1CC2(CCC2)C1. The third-order valence-corrected chi connectivity index (χ3v) is 9.45. The molecule has 256 valence electrons. The maximum absolute atomic E-state index is 10.4. The first-order chi connectivity index (χ1) is 22.6. The molecule has 2 saturated carbocycles. The van der Waals surface area contributed by atoms with Gasteiger partial charge in [-0.2, -0.15) is 0 Å². The summed E-state index contributed by atoms with van der Waals surface area (Å²) in [7, 11) is 0. The molecule has 2 aliphatic carbocycles. The zero-order valence-corrected chi connectivity index (χ0v) is 28.5. The van der Waals surface area contributed by atoms with Gasteiger partial charge in [0, 0.05) is 24.4 Å². The van der Waals surface area contributed by atoms with Gasteiger partial charge in [-0.05, 0) is 100 Å². The zero-order chi connectivity index (χ0) is 34.2. The lowest BCUT2D eigenvalue weighted by Gasteiger charge is -2.52. The standard InChI is InChI=1S/C19H28N4O.C12H17N.C8H12O2/c1-3-5-6-9-13-23(12-4-2)17(19(21)22)14-16(20)15-10-7-8-11-18(15)24;1-10-2-4-11(5-3-10)12-6-8-13-9-7-12;9-7(10)6-4-8(5-6)2-1-3-8/h4,6-11,14,24H,2-3,5,12-13,20-22H2,1H3;2-5,12-13H,6-9H2,1H3;6H,1-5H2,(H,9,10)/b9-6-,16-14-;;. The van der Waals surface area contributed by atoms with Crippen molar-refractivity contribution in [3.63, 3.8) is 0 Å². The molecule has 5 rings (SSSR count). The molecule has 8 heteroatoms. The number of aryl methyl sites for hydroxylation is 1. The van der Waals surface area contributed by atoms with Crippen LogP contribution in [0.3, 0.4) is 0 Å². The third-order valence-electron chi connectivity index (χ3n) is 9.45. The van der Waals surface area contributed by atoms with Crippen molar-refractivity contribution >= 4 is 11.7 Å². The van der Waals surface area contributed by atoms with Crippen molar-refractivity contribution < 1.29 is 15.0 Å². The highest BCUT2D eigenvalue weighted by atomic mass is 16.4. The van der Waals surface area contributed by atoms with Crippen molar-refractivity contribution in [3.05, 3.63) is 108 Å². The summed E-state index contributed by atoms with van der Waals surface area (Å²) in [6.45, 7) is 11.6. The number of nitrogens with one attached hydrogen (secondary N) is 1. The van der Waals surface area contributed by atoms with Crippen LogP contribution in [0.2, 0.25) is 0 Å². The lowest BCUT2D eigenvalue weighted by Crippen LogP contribution is -2.45. The van der Waals surface area contributed by atoms with Crippen LogP contribution in [0.5, 0.6) is 5.75 Å². The smallest absolute Gasteiger partial charge is 0.306 e. The number of unbranched alkanes of at least 4 members (excludes halogenated alkanes) is 1. The molecule has 0 atom stereocenters. The van der Waals surface area contributed by atoms with Crippen LogP contribution in [0, 0.1) is 18.3 Å². The van der Waals surface area contributed by atoms with Crippen LogP contribution in [0.1, 0.15) is 87.3 Å². The van der Waals surface area contributed by atoms with Crippen LogP contribution in [0.25, 0.3) is 5.70 Å². The highest BCUT2D eigenvalue weighted by molar-refractivity contribution is 5.71. The van der Waals surface area contributed by atoms with E-state index in [1.165, 1.54) is 56.3 Å². The van der Waals surface area contributed by atoms with E-state index < -0.39 is 5.97 Å². The van der Waals surface area contributed by atoms with Crippen molar-refractivity contribution in [3.8, 4) is 5.75 Å². The van der Waals surface area contributed by atoms with Gasteiger partial charge in [0.2, 0.25) is 0 Å². The number of aromatic hydroxyl groups is 1. The second-order valence-corrected chi connectivity index (χ2v) is 13.1. The normalized spacial score (nSPS) is 17.3. The first kappa shape index (κ1) is 37.3. The number of allylic oxidation sites excluding steroid dienone is 2. The molecular weight excluding hydrogens is 586 g/mol. The molecule has 1 spiro atoms. The van der Waals surface area contributed by atoms with Crippen LogP contribution >= 0.6 is 0 Å². The summed E-state index contributed by atoms with van der Waals surface area (Å²) in [6, 6.07) is 15.9. The second-order valence-electron chi connectivity index (χ2n) is 13.1. The molecule has 3 fully saturated rings. The van der Waals surface area contributed by atoms with Crippen molar-refractivity contribution in [2.24, 2.45) is 28.5 Å². The van der Waals surface area contributed by atoms with Crippen LogP contribution < -0.4 is 22.5 Å². The number of hydrogen-bond donors (Lipinski definition) is 6. The Bertz CT molecular complexity index is 1360. The second kappa shape index (κ2) is 18.8. The predicted octanol–water partition coefficient (Wildman–Crippen LogP) is 6.74. The number of carbonyl (C=O) groups is 1. The van der Waals surface area contributed by atoms with Gasteiger partial charge in [-0.1, -0.05) is 80.0 Å². The highest BCUT2D eigenvalue weighted by Crippen LogP contribution is 2.58. The molecule has 47 heavy (non-hydrogen) atoms. The summed E-state index contributed by atoms with van der Waals surface area (Å²) < 4.78 is 0. The van der Waals surface area contributed by atoms with Crippen LogP contribution in [0.15, 0.2) is 90.9 Å². The number of para-hydroxylation sites is 1. The average Bonchev–Trinajstić information content (AvgIpc) is 3.01. The molecule has 1 aliphatic heterocycles. The van der Waals surface area contributed by atoms with Crippen molar-refractivity contribution in [1.82, 2.24) is 10.2 Å². The number of phenols is 1. The summed E-state index contributed by atoms with van der Waals surface area (Å²) in [5, 5.41) is 21.9. The van der Waals surface area contributed by atoms with Gasteiger partial charge in [0.25, 0.3) is 0 Å². The number of rotatable bonds is 11. The number of nitrogens with two attached hydrogens (primary N) is 3. The quantitative estimate of drug-likeness (QED) is 0.116. The van der Waals surface area contributed by atoms with Crippen LogP contribution in [0.4, 0.5) is 0 Å². The van der Waals surface area contributed by atoms with E-state index >= 15 is 0 Å². The van der Waals surface area contributed by atoms with Gasteiger partial charge < -0.3 is 37.6 Å². The molecule has 1 saturated heterocycles. The Kier molecular flexibility index (Phi) is 15.0. The van der Waals surface area contributed by atoms with Crippen LogP contribution in [-0.4, -0.2) is 47.3 Å². The van der Waals surface area contributed by atoms with Gasteiger partial charge in [-0.15, -0.1) is 6.58 Å². The molecule has 0 bridgehead atoms. The van der Waals surface area contributed by atoms with Crippen molar-refractivity contribution in [2.45, 2.75) is 77.6 Å². The Morgan fingerprint density at radius 1 is 1.02 bits per heavy atom. The minimum atomic E-state index is -0.586. The number of aliphatic carboxylic acids is 1. The Labute approximate surface area is 282 Å². The number of carboxylic acids is 1. The summed E-state index contributed by atoms with van der Waals surface area (Å²) >= 11 is 0. The third kappa shape index (κ3) is 11.5. The highest BCUT2D eigenvalue weighted by Gasteiger charge is 2.50. The van der Waals surface area contributed by atoms with Gasteiger partial charge in [-0.25, -0.2) is 0 Å². The Balaban J connectivity index is 0.000000215. The topological polar surface area (TPSA) is 151 Å². The molecule has 3 aliphatic rings. The first-order valence-corrected chi connectivity index (χ1v) is 17.1. The maximum Gasteiger partial charge on any atom is 0.306 e. The number of hydrogen-bond acceptors (Lipinski definition) is 7. The fraction of sp³-hybridized carbons (Fsp3) is 0.462. The summed E-state index contributed by atoms with van der Waals surface area (Å²) in [4.78, 5) is 12.4. The monoisotopic (exact) mass is 643 g/mol. The summed E-state index contributed by atoms with van der Waals surface area (Å²) in [6.07, 6.45) is 18.2. The minimum absolute atomic E-state index is 0.000278. The Morgan fingerprint density at radius 2 is 1.68 bits per heavy atom. The minimum Gasteiger partial charge on any atom is -0.507 e. The maximum atomic E-state index is 10.4. The van der Waals surface area contributed by atoms with E-state index in [1.807, 2.05) is 4.90 Å². The fourth-order valence-corrected chi connectivity index (χ4v) is 6.45. The van der Waals surface area contributed by atoms with Gasteiger partial charge in [0.05, 0.1) is 11.6 Å². The molecular formula is C39H57N5O3. The number of benzene rings is 2. The number of nitrogens with zero attached hydrogens (tertiary/aromatic N) is 1. The van der Waals surface area contributed by atoms with Gasteiger partial charge in [0.15, 0.2) is 0 Å². The zero-order valence-electron chi connectivity index (χ0n) is 28.5. The van der Waals surface area contributed by atoms with Gasteiger partial charge in [-0.3, -0.25) is 4.79 Å². The molecule has 0 unspecified atom stereocenters. The van der Waals surface area contributed by atoms with Crippen molar-refractivity contribution in [2.75, 3.05) is 26.2 Å². The van der Waals surface area contributed by atoms with E-state index in [0.29, 0.717) is 35.5 Å². The molecule has 2 aromatic rings. The van der Waals surface area contributed by atoms with E-state index in [1.54, 1.807) is 36.4 Å². The van der Waals surface area contributed by atoms with E-state index in [2.05, 4.69) is 62.2 Å². The fourth-order valence-electron chi connectivity index (χ4n) is 6.45. The van der Waals surface area contributed by atoms with Gasteiger partial charge >= 0.3 is 5.97 Å². The summed E-state index contributed by atoms with van der Waals surface area (Å²) in [5.74, 6) is 0.484. The summed E-state index contributed by atoms with van der Waals surface area (Å²) in [5.41, 5.74) is 22.8. The molecule has 0 amide bonds. The molecule has 8 nitrogen and oxygen atoms in total. The molecule has 9 N–H and O–H groups in total. The van der Waals surface area contributed by atoms with E-state index in [4.69, 9.17) is 22.3 Å². The van der Waals surface area contributed by atoms with E-state index in [-0.39, 0.29) is 17.5 Å². The first-order valence-electron chi connectivity index (χ1n) is 17.1. The Hall–Kier alpha value is -4.17. The molecule has 2 aromatic carbocycles. The lowest BCUT2D eigenvalue weighted by molar-refractivity contribution is -0.154. The lowest BCUT2D eigenvalue weighted by atomic mass is 9.52. The molecule has 0 aromatic heterocycles. The van der Waals surface area contributed by atoms with Crippen LogP contribution in [-0.2, 0) is 4.79 Å². The van der Waals surface area contributed by atoms with Gasteiger partial charge in [0.1, 0.15) is 11.6 Å². The number of carboxylic acid groups (broad SMARTS) is 1. The Morgan fingerprint density at radius 3 is 2.21 bits per heavy atom. The molecule has 0 radical (unpaired) electrons. The number of phenolic OH excluding ortho intramolecular Hbond substituents is 1. The molecule has 1 heterocycles. The van der Waals surface area contributed by atoms with E-state index in [9.17, 15) is 9.90 Å². The van der Waals surface area contributed by atoms with E-state index in [0.717, 1.165) is 31.6 Å². The average molecular weight is 644 g/mol. The number of piperidine rings is 1.